The minimum Gasteiger partial charge on any atom is -0.257 e. The number of hydrogen-bond acceptors (Lipinski definition) is 1. The van der Waals surface area contributed by atoms with E-state index < -0.39 is 0 Å². The molecule has 118 valence electrons. The molecule has 0 spiro atoms. The van der Waals surface area contributed by atoms with Crippen LogP contribution in [-0.4, -0.2) is 5.71 Å². The van der Waals surface area contributed by atoms with Crippen LogP contribution in [0, 0.1) is 0 Å². The van der Waals surface area contributed by atoms with E-state index in [9.17, 15) is 0 Å². The highest BCUT2D eigenvalue weighted by Crippen LogP contribution is 2.44. The molecule has 3 aromatic rings. The van der Waals surface area contributed by atoms with Crippen LogP contribution in [0.4, 0.5) is 5.69 Å². The van der Waals surface area contributed by atoms with Crippen LogP contribution in [-0.2, 0) is 18.3 Å². The maximum Gasteiger partial charge on any atom is 0.0671 e. The molecule has 0 saturated heterocycles. The van der Waals surface area contributed by atoms with Gasteiger partial charge in [0.05, 0.1) is 5.69 Å². The molecule has 0 aromatic heterocycles. The average Bonchev–Trinajstić information content (AvgIpc) is 2.89. The molecule has 0 atom stereocenters. The van der Waals surface area contributed by atoms with Gasteiger partial charge in [0.15, 0.2) is 0 Å². The van der Waals surface area contributed by atoms with E-state index in [4.69, 9.17) is 4.99 Å². The molecule has 1 aliphatic rings. The van der Waals surface area contributed by atoms with E-state index in [-0.39, 0.29) is 5.41 Å². The van der Waals surface area contributed by atoms with Gasteiger partial charge in [-0.2, -0.15) is 0 Å². The molecule has 0 saturated carbocycles. The SMILES string of the molecule is CC1=Nc2ccccc2C1(Cc1ccccc1)Cc1ccccc1. The average molecular weight is 311 g/mol. The Labute approximate surface area is 143 Å². The van der Waals surface area contributed by atoms with Crippen LogP contribution < -0.4 is 0 Å². The molecule has 0 aliphatic carbocycles. The van der Waals surface area contributed by atoms with Gasteiger partial charge in [0.2, 0.25) is 0 Å². The zero-order valence-corrected chi connectivity index (χ0v) is 13.9. The van der Waals surface area contributed by atoms with Crippen molar-refractivity contribution in [2.24, 2.45) is 4.99 Å². The maximum absolute atomic E-state index is 4.91. The highest BCUT2D eigenvalue weighted by molar-refractivity contribution is 6.00. The Hall–Kier alpha value is -2.67. The lowest BCUT2D eigenvalue weighted by Gasteiger charge is -2.32. The summed E-state index contributed by atoms with van der Waals surface area (Å²) in [5.74, 6) is 0. The molecule has 24 heavy (non-hydrogen) atoms. The van der Waals surface area contributed by atoms with Crippen molar-refractivity contribution in [3.05, 3.63) is 102 Å². The van der Waals surface area contributed by atoms with Crippen LogP contribution in [0.5, 0.6) is 0 Å². The van der Waals surface area contributed by atoms with Gasteiger partial charge < -0.3 is 0 Å². The fourth-order valence-electron chi connectivity index (χ4n) is 3.86. The standard InChI is InChI=1S/C23H21N/c1-18-23(16-19-10-4-2-5-11-19,17-20-12-6-3-7-13-20)21-14-8-9-15-22(21)24-18/h2-15H,16-17H2,1H3. The number of fused-ring (bicyclic) bond motifs is 1. The monoisotopic (exact) mass is 311 g/mol. The summed E-state index contributed by atoms with van der Waals surface area (Å²) in [6.45, 7) is 2.19. The van der Waals surface area contributed by atoms with Crippen LogP contribution in [0.15, 0.2) is 89.9 Å². The quantitative estimate of drug-likeness (QED) is 0.602. The summed E-state index contributed by atoms with van der Waals surface area (Å²) in [5.41, 5.74) is 6.37. The third-order valence-electron chi connectivity index (χ3n) is 5.10. The minimum absolute atomic E-state index is 0.0563. The molecular formula is C23H21N. The Balaban J connectivity index is 1.83. The Morgan fingerprint density at radius 1 is 0.667 bits per heavy atom. The Kier molecular flexibility index (Phi) is 3.78. The van der Waals surface area contributed by atoms with Crippen molar-refractivity contribution in [2.75, 3.05) is 0 Å². The van der Waals surface area contributed by atoms with Crippen LogP contribution in [0.1, 0.15) is 23.6 Å². The lowest BCUT2D eigenvalue weighted by atomic mass is 9.69. The summed E-state index contributed by atoms with van der Waals surface area (Å²) >= 11 is 0. The van der Waals surface area contributed by atoms with Crippen LogP contribution in [0.2, 0.25) is 0 Å². The largest absolute Gasteiger partial charge is 0.257 e. The predicted molar refractivity (Wildman–Crippen MR) is 101 cm³/mol. The molecule has 0 fully saturated rings. The predicted octanol–water partition coefficient (Wildman–Crippen LogP) is 5.52. The Bertz CT molecular complexity index is 821. The van der Waals surface area contributed by atoms with Gasteiger partial charge in [-0.1, -0.05) is 78.9 Å². The number of nitrogens with zero attached hydrogens (tertiary/aromatic N) is 1. The first-order valence-electron chi connectivity index (χ1n) is 8.51. The zero-order chi connectivity index (χ0) is 16.4. The second kappa shape index (κ2) is 6.09. The fraction of sp³-hybridized carbons (Fsp3) is 0.174. The summed E-state index contributed by atoms with van der Waals surface area (Å²) in [7, 11) is 0. The van der Waals surface area contributed by atoms with Crippen molar-refractivity contribution in [2.45, 2.75) is 25.2 Å². The van der Waals surface area contributed by atoms with Gasteiger partial charge in [-0.3, -0.25) is 4.99 Å². The van der Waals surface area contributed by atoms with Gasteiger partial charge in [-0.05, 0) is 42.5 Å². The second-order valence-electron chi connectivity index (χ2n) is 6.62. The first kappa shape index (κ1) is 14.9. The molecule has 1 heterocycles. The molecule has 1 aliphatic heterocycles. The number of hydrogen-bond donors (Lipinski definition) is 0. The van der Waals surface area contributed by atoms with Crippen molar-refractivity contribution in [3.8, 4) is 0 Å². The fourth-order valence-corrected chi connectivity index (χ4v) is 3.86. The summed E-state index contributed by atoms with van der Waals surface area (Å²) < 4.78 is 0. The molecule has 0 amide bonds. The molecule has 3 aromatic carbocycles. The highest BCUT2D eigenvalue weighted by atomic mass is 14.8. The summed E-state index contributed by atoms with van der Waals surface area (Å²) in [5, 5.41) is 0. The van der Waals surface area contributed by atoms with E-state index >= 15 is 0 Å². The van der Waals surface area contributed by atoms with Crippen molar-refractivity contribution in [1.82, 2.24) is 0 Å². The van der Waals surface area contributed by atoms with Crippen LogP contribution in [0.25, 0.3) is 0 Å². The summed E-state index contributed by atoms with van der Waals surface area (Å²) in [4.78, 5) is 4.91. The van der Waals surface area contributed by atoms with Crippen molar-refractivity contribution in [3.63, 3.8) is 0 Å². The normalized spacial score (nSPS) is 15.0. The molecular weight excluding hydrogens is 290 g/mol. The maximum atomic E-state index is 4.91. The first-order chi connectivity index (χ1) is 11.8. The number of benzene rings is 3. The topological polar surface area (TPSA) is 12.4 Å². The Morgan fingerprint density at radius 2 is 1.17 bits per heavy atom. The van der Waals surface area contributed by atoms with E-state index in [1.165, 1.54) is 22.4 Å². The molecule has 0 radical (unpaired) electrons. The zero-order valence-electron chi connectivity index (χ0n) is 13.9. The number of rotatable bonds is 4. The minimum atomic E-state index is -0.0563. The van der Waals surface area contributed by atoms with Gasteiger partial charge in [-0.15, -0.1) is 0 Å². The van der Waals surface area contributed by atoms with E-state index in [0.717, 1.165) is 18.5 Å². The van der Waals surface area contributed by atoms with Gasteiger partial charge in [0, 0.05) is 11.1 Å². The molecule has 0 N–H and O–H groups in total. The van der Waals surface area contributed by atoms with E-state index in [0.29, 0.717) is 0 Å². The first-order valence-corrected chi connectivity index (χ1v) is 8.51. The summed E-state index contributed by atoms with van der Waals surface area (Å²) in [6, 6.07) is 30.2. The lowest BCUT2D eigenvalue weighted by Crippen LogP contribution is -2.36. The van der Waals surface area contributed by atoms with E-state index in [1.807, 2.05) is 0 Å². The molecule has 1 nitrogen and oxygen atoms in total. The van der Waals surface area contributed by atoms with E-state index in [2.05, 4.69) is 91.9 Å². The van der Waals surface area contributed by atoms with Gasteiger partial charge in [-0.25, -0.2) is 0 Å². The smallest absolute Gasteiger partial charge is 0.0671 e. The van der Waals surface area contributed by atoms with Gasteiger partial charge in [0.25, 0.3) is 0 Å². The van der Waals surface area contributed by atoms with Crippen LogP contribution in [0.3, 0.4) is 0 Å². The molecule has 0 bridgehead atoms. The van der Waals surface area contributed by atoms with Crippen LogP contribution >= 0.6 is 0 Å². The molecule has 0 unspecified atom stereocenters. The number of aliphatic imine (C=N–C) groups is 1. The third-order valence-corrected chi connectivity index (χ3v) is 5.10. The Morgan fingerprint density at radius 3 is 1.75 bits per heavy atom. The van der Waals surface area contributed by atoms with Gasteiger partial charge >= 0.3 is 0 Å². The van der Waals surface area contributed by atoms with Crippen molar-refractivity contribution >= 4 is 11.4 Å². The van der Waals surface area contributed by atoms with E-state index in [1.54, 1.807) is 0 Å². The second-order valence-corrected chi connectivity index (χ2v) is 6.62. The number of para-hydroxylation sites is 1. The summed E-state index contributed by atoms with van der Waals surface area (Å²) in [6.07, 6.45) is 1.96. The van der Waals surface area contributed by atoms with Crippen molar-refractivity contribution < 1.29 is 0 Å². The molecule has 4 rings (SSSR count). The third kappa shape index (κ3) is 2.56. The van der Waals surface area contributed by atoms with Gasteiger partial charge in [0.1, 0.15) is 0 Å². The lowest BCUT2D eigenvalue weighted by molar-refractivity contribution is 0.575. The highest BCUT2D eigenvalue weighted by Gasteiger charge is 2.41. The van der Waals surface area contributed by atoms with Crippen molar-refractivity contribution in [1.29, 1.82) is 0 Å². The molecule has 1 heteroatoms.